The van der Waals surface area contributed by atoms with Crippen LogP contribution in [0.25, 0.3) is 5.65 Å². The molecule has 0 atom stereocenters. The van der Waals surface area contributed by atoms with E-state index in [0.29, 0.717) is 11.3 Å². The molecule has 2 heterocycles. The summed E-state index contributed by atoms with van der Waals surface area (Å²) in [5, 5.41) is 0. The number of ether oxygens (including phenoxy) is 2. The molecule has 5 nitrogen and oxygen atoms in total. The Kier molecular flexibility index (Phi) is 2.47. The van der Waals surface area contributed by atoms with Crippen molar-refractivity contribution in [3.63, 3.8) is 0 Å². The zero-order chi connectivity index (χ0) is 12.7. The lowest BCUT2D eigenvalue weighted by Crippen LogP contribution is -2.08. The summed E-state index contributed by atoms with van der Waals surface area (Å²) in [6.07, 6.45) is 5.88. The van der Waals surface area contributed by atoms with Gasteiger partial charge in [0.15, 0.2) is 0 Å². The molecular weight excluding hydrogens is 232 g/mol. The molecule has 94 valence electrons. The van der Waals surface area contributed by atoms with Crippen molar-refractivity contribution in [2.75, 3.05) is 7.11 Å². The molecule has 5 heteroatoms. The highest BCUT2D eigenvalue weighted by Crippen LogP contribution is 2.30. The zero-order valence-electron chi connectivity index (χ0n) is 10.3. The van der Waals surface area contributed by atoms with Crippen molar-refractivity contribution in [2.45, 2.75) is 25.9 Å². The number of aryl methyl sites for hydroxylation is 1. The first-order chi connectivity index (χ1) is 8.67. The number of fused-ring (bicyclic) bond motifs is 1. The maximum absolute atomic E-state index is 11.8. The third-order valence-corrected chi connectivity index (χ3v) is 2.90. The summed E-state index contributed by atoms with van der Waals surface area (Å²) in [7, 11) is 1.37. The number of nitrogens with zero attached hydrogens (tertiary/aromatic N) is 2. The Morgan fingerprint density at radius 2 is 2.22 bits per heavy atom. The Morgan fingerprint density at radius 1 is 1.44 bits per heavy atom. The summed E-state index contributed by atoms with van der Waals surface area (Å²) in [6, 6.07) is 1.79. The van der Waals surface area contributed by atoms with Crippen LogP contribution in [-0.4, -0.2) is 28.6 Å². The standard InChI is InChI=1S/C13H14N2O3/c1-8-6-15-7-10(13(16)17-2)11(5-12(15)14-8)18-9-3-4-9/h5-7,9H,3-4H2,1-2H3. The van der Waals surface area contributed by atoms with E-state index in [-0.39, 0.29) is 12.1 Å². The van der Waals surface area contributed by atoms with E-state index in [1.165, 1.54) is 7.11 Å². The van der Waals surface area contributed by atoms with E-state index in [9.17, 15) is 4.79 Å². The molecule has 0 bridgehead atoms. The molecular formula is C13H14N2O3. The predicted molar refractivity (Wildman–Crippen MR) is 64.9 cm³/mol. The Balaban J connectivity index is 2.11. The number of aromatic nitrogens is 2. The van der Waals surface area contributed by atoms with Crippen LogP contribution in [-0.2, 0) is 4.74 Å². The number of imidazole rings is 1. The Bertz CT molecular complexity index is 614. The number of hydrogen-bond acceptors (Lipinski definition) is 4. The third-order valence-electron chi connectivity index (χ3n) is 2.90. The van der Waals surface area contributed by atoms with E-state index in [4.69, 9.17) is 9.47 Å². The molecule has 1 aliphatic rings. The normalized spacial score (nSPS) is 14.8. The molecule has 0 spiro atoms. The van der Waals surface area contributed by atoms with E-state index >= 15 is 0 Å². The van der Waals surface area contributed by atoms with E-state index in [1.54, 1.807) is 16.7 Å². The van der Waals surface area contributed by atoms with Crippen LogP contribution in [0.1, 0.15) is 28.9 Å². The van der Waals surface area contributed by atoms with Crippen LogP contribution < -0.4 is 4.74 Å². The molecule has 2 aromatic rings. The van der Waals surface area contributed by atoms with Crippen molar-refractivity contribution in [3.8, 4) is 5.75 Å². The number of hydrogen-bond donors (Lipinski definition) is 0. The lowest BCUT2D eigenvalue weighted by molar-refractivity contribution is 0.0595. The molecule has 2 aromatic heterocycles. The summed E-state index contributed by atoms with van der Waals surface area (Å²) in [5.41, 5.74) is 2.11. The molecule has 0 aliphatic heterocycles. The second-order valence-electron chi connectivity index (χ2n) is 4.51. The van der Waals surface area contributed by atoms with E-state index in [0.717, 1.165) is 24.2 Å². The van der Waals surface area contributed by atoms with E-state index < -0.39 is 0 Å². The van der Waals surface area contributed by atoms with Gasteiger partial charge in [0.2, 0.25) is 0 Å². The molecule has 0 unspecified atom stereocenters. The molecule has 1 fully saturated rings. The third kappa shape index (κ3) is 1.92. The minimum atomic E-state index is -0.390. The van der Waals surface area contributed by atoms with Gasteiger partial charge in [-0.15, -0.1) is 0 Å². The van der Waals surface area contributed by atoms with Crippen LogP contribution in [0, 0.1) is 6.92 Å². The van der Waals surface area contributed by atoms with Gasteiger partial charge >= 0.3 is 5.97 Å². The fourth-order valence-electron chi connectivity index (χ4n) is 1.87. The number of rotatable bonds is 3. The van der Waals surface area contributed by atoms with Gasteiger partial charge in [-0.25, -0.2) is 9.78 Å². The van der Waals surface area contributed by atoms with Crippen molar-refractivity contribution < 1.29 is 14.3 Å². The molecule has 0 radical (unpaired) electrons. The summed E-state index contributed by atoms with van der Waals surface area (Å²) in [6.45, 7) is 1.91. The number of carbonyl (C=O) groups is 1. The fraction of sp³-hybridized carbons (Fsp3) is 0.385. The second kappa shape index (κ2) is 4.01. The Morgan fingerprint density at radius 3 is 2.89 bits per heavy atom. The first-order valence-electron chi connectivity index (χ1n) is 5.91. The molecule has 1 aliphatic carbocycles. The Labute approximate surface area is 104 Å². The average Bonchev–Trinajstić information content (AvgIpc) is 3.08. The highest BCUT2D eigenvalue weighted by atomic mass is 16.5. The Hall–Kier alpha value is -2.04. The van der Waals surface area contributed by atoms with Gasteiger partial charge in [0.05, 0.1) is 18.9 Å². The van der Waals surface area contributed by atoms with Crippen molar-refractivity contribution in [1.29, 1.82) is 0 Å². The molecule has 1 saturated carbocycles. The van der Waals surface area contributed by atoms with Gasteiger partial charge in [0, 0.05) is 18.5 Å². The first-order valence-corrected chi connectivity index (χ1v) is 5.91. The predicted octanol–water partition coefficient (Wildman–Crippen LogP) is 1.97. The molecule has 18 heavy (non-hydrogen) atoms. The van der Waals surface area contributed by atoms with E-state index in [2.05, 4.69) is 4.98 Å². The minimum absolute atomic E-state index is 0.229. The molecule has 0 aromatic carbocycles. The summed E-state index contributed by atoms with van der Waals surface area (Å²) in [4.78, 5) is 16.1. The summed E-state index contributed by atoms with van der Waals surface area (Å²) in [5.74, 6) is 0.168. The molecule has 3 rings (SSSR count). The molecule has 0 amide bonds. The van der Waals surface area contributed by atoms with Gasteiger partial charge in [-0.2, -0.15) is 0 Å². The van der Waals surface area contributed by atoms with Crippen molar-refractivity contribution in [1.82, 2.24) is 9.38 Å². The van der Waals surface area contributed by atoms with Crippen molar-refractivity contribution in [3.05, 3.63) is 29.7 Å². The van der Waals surface area contributed by atoms with E-state index in [1.807, 2.05) is 13.1 Å². The van der Waals surface area contributed by atoms with Crippen LogP contribution in [0.2, 0.25) is 0 Å². The van der Waals surface area contributed by atoms with Crippen LogP contribution in [0.3, 0.4) is 0 Å². The van der Waals surface area contributed by atoms with Crippen LogP contribution in [0.15, 0.2) is 18.5 Å². The lowest BCUT2D eigenvalue weighted by Gasteiger charge is -2.09. The molecule has 0 saturated heterocycles. The molecule has 0 N–H and O–H groups in total. The first kappa shape index (κ1) is 11.1. The number of methoxy groups -OCH3 is 1. The SMILES string of the molecule is COC(=O)c1cn2cc(C)nc2cc1OC1CC1. The number of pyridine rings is 1. The van der Waals surface area contributed by atoms with Gasteiger partial charge < -0.3 is 13.9 Å². The van der Waals surface area contributed by atoms with Gasteiger partial charge in [0.25, 0.3) is 0 Å². The van der Waals surface area contributed by atoms with Gasteiger partial charge in [-0.3, -0.25) is 0 Å². The average molecular weight is 246 g/mol. The quantitative estimate of drug-likeness (QED) is 0.777. The zero-order valence-corrected chi connectivity index (χ0v) is 10.3. The van der Waals surface area contributed by atoms with Gasteiger partial charge in [-0.05, 0) is 19.8 Å². The monoisotopic (exact) mass is 246 g/mol. The van der Waals surface area contributed by atoms with Gasteiger partial charge in [-0.1, -0.05) is 0 Å². The topological polar surface area (TPSA) is 52.8 Å². The van der Waals surface area contributed by atoms with Crippen molar-refractivity contribution in [2.24, 2.45) is 0 Å². The van der Waals surface area contributed by atoms with Crippen LogP contribution in [0.5, 0.6) is 5.75 Å². The van der Waals surface area contributed by atoms with Crippen LogP contribution in [0.4, 0.5) is 0 Å². The van der Waals surface area contributed by atoms with Gasteiger partial charge in [0.1, 0.15) is 17.0 Å². The summed E-state index contributed by atoms with van der Waals surface area (Å²) >= 11 is 0. The van der Waals surface area contributed by atoms with Crippen molar-refractivity contribution >= 4 is 11.6 Å². The smallest absolute Gasteiger partial charge is 0.343 e. The number of esters is 1. The number of carbonyl (C=O) groups excluding carboxylic acids is 1. The largest absolute Gasteiger partial charge is 0.489 e. The highest BCUT2D eigenvalue weighted by molar-refractivity contribution is 5.92. The summed E-state index contributed by atoms with van der Waals surface area (Å²) < 4.78 is 12.3. The maximum atomic E-state index is 11.8. The lowest BCUT2D eigenvalue weighted by atomic mass is 10.2. The fourth-order valence-corrected chi connectivity index (χ4v) is 1.87. The minimum Gasteiger partial charge on any atom is -0.489 e. The van der Waals surface area contributed by atoms with Crippen LogP contribution >= 0.6 is 0 Å². The maximum Gasteiger partial charge on any atom is 0.343 e. The second-order valence-corrected chi connectivity index (χ2v) is 4.51. The highest BCUT2D eigenvalue weighted by Gasteiger charge is 2.26.